The van der Waals surface area contributed by atoms with Gasteiger partial charge in [0.1, 0.15) is 11.2 Å². The van der Waals surface area contributed by atoms with Gasteiger partial charge in [0.25, 0.3) is 5.91 Å². The highest BCUT2D eigenvalue weighted by atomic mass is 35.5. The van der Waals surface area contributed by atoms with Gasteiger partial charge in [-0.25, -0.2) is 4.39 Å². The molecule has 1 aromatic heterocycles. The fraction of sp³-hybridized carbons (Fsp3) is 0.105. The van der Waals surface area contributed by atoms with Gasteiger partial charge in [-0.3, -0.25) is 4.79 Å². The molecule has 1 N–H and O–H groups in total. The molecule has 1 aliphatic heterocycles. The lowest BCUT2D eigenvalue weighted by Crippen LogP contribution is -2.46. The van der Waals surface area contributed by atoms with Crippen LogP contribution in [-0.2, 0) is 16.6 Å². The molecule has 6 heteroatoms. The minimum absolute atomic E-state index is 0.192. The molecule has 0 radical (unpaired) electrons. The third-order valence-electron chi connectivity index (χ3n) is 8.56. The highest BCUT2D eigenvalue weighted by molar-refractivity contribution is 6.31. The maximum atomic E-state index is 15.1. The van der Waals surface area contributed by atoms with Gasteiger partial charge in [-0.05, 0) is 66.4 Å². The van der Waals surface area contributed by atoms with Gasteiger partial charge < -0.3 is 4.98 Å². The predicted molar refractivity (Wildman–Crippen MR) is 176 cm³/mol. The summed E-state index contributed by atoms with van der Waals surface area (Å²) in [6.07, 6.45) is 0.223. The average molecular weight is 598 g/mol. The van der Waals surface area contributed by atoms with Crippen LogP contribution in [0.25, 0.3) is 10.9 Å². The van der Waals surface area contributed by atoms with Crippen molar-refractivity contribution in [2.45, 2.75) is 24.7 Å². The van der Waals surface area contributed by atoms with E-state index in [1.165, 1.54) is 17.1 Å². The minimum atomic E-state index is -1.24. The monoisotopic (exact) mass is 597 g/mol. The van der Waals surface area contributed by atoms with E-state index in [9.17, 15) is 4.39 Å². The second kappa shape index (κ2) is 11.3. The summed E-state index contributed by atoms with van der Waals surface area (Å²) in [7, 11) is 0. The first-order valence-electron chi connectivity index (χ1n) is 14.6. The fourth-order valence-electron chi connectivity index (χ4n) is 6.58. The number of amides is 1. The Morgan fingerprint density at radius 1 is 0.818 bits per heavy atom. The first-order valence-corrected chi connectivity index (χ1v) is 14.9. The van der Waals surface area contributed by atoms with Gasteiger partial charge in [-0.15, -0.1) is 0 Å². The summed E-state index contributed by atoms with van der Waals surface area (Å²) < 4.78 is 14.6. The van der Waals surface area contributed by atoms with Crippen LogP contribution in [0, 0.1) is 5.82 Å². The molecule has 0 saturated heterocycles. The molecule has 2 heterocycles. The number of carbonyl (C=O) groups is 1. The molecule has 0 fully saturated rings. The third-order valence-corrected chi connectivity index (χ3v) is 8.79. The number of carbonyl (C=O) groups excluding carboxylic acids is 1. The van der Waals surface area contributed by atoms with Gasteiger partial charge in [0.15, 0.2) is 0 Å². The van der Waals surface area contributed by atoms with Gasteiger partial charge >= 0.3 is 0 Å². The van der Waals surface area contributed by atoms with Crippen LogP contribution in [0.1, 0.15) is 40.8 Å². The molecule has 1 atom stereocenters. The lowest BCUT2D eigenvalue weighted by Gasteiger charge is -2.32. The largest absolute Gasteiger partial charge is 0.357 e. The van der Waals surface area contributed by atoms with E-state index in [-0.39, 0.29) is 24.1 Å². The Labute approximate surface area is 260 Å². The van der Waals surface area contributed by atoms with Crippen molar-refractivity contribution in [2.75, 3.05) is 5.01 Å². The molecule has 0 saturated carbocycles. The number of rotatable bonds is 7. The molecular formula is C38H29ClFN3O. The lowest BCUT2D eigenvalue weighted by atomic mass is 9.68. The molecule has 0 spiro atoms. The number of para-hydroxylation sites is 1. The average Bonchev–Trinajstić information content (AvgIpc) is 3.53. The maximum absolute atomic E-state index is 15.1. The van der Waals surface area contributed by atoms with Crippen molar-refractivity contribution in [1.29, 1.82) is 0 Å². The maximum Gasteiger partial charge on any atom is 0.264 e. The summed E-state index contributed by atoms with van der Waals surface area (Å²) in [5, 5.41) is 7.85. The quantitative estimate of drug-likeness (QED) is 0.196. The van der Waals surface area contributed by atoms with Crippen molar-refractivity contribution >= 4 is 39.8 Å². The number of H-pyrrole nitrogens is 1. The first-order chi connectivity index (χ1) is 21.5. The van der Waals surface area contributed by atoms with E-state index < -0.39 is 5.41 Å². The molecule has 4 nitrogen and oxygen atoms in total. The Hall–Kier alpha value is -5.00. The Morgan fingerprint density at radius 3 is 2.09 bits per heavy atom. The summed E-state index contributed by atoms with van der Waals surface area (Å²) in [5.41, 5.74) is 5.40. The number of nitrogens with one attached hydrogen (secondary N) is 1. The van der Waals surface area contributed by atoms with Crippen LogP contribution >= 0.6 is 11.6 Å². The SMILES string of the molecule is CC1=NN(c2ccccc2)C(=O)[C@@]1(Cc1cccc(F)c1)c1c(C(c2ccccc2)c2ccccc2)[nH]c2cc(Cl)ccc12. The number of aromatic amines is 1. The Bertz CT molecular complexity index is 1970. The zero-order chi connectivity index (χ0) is 30.3. The second-order valence-electron chi connectivity index (χ2n) is 11.2. The molecule has 1 aliphatic rings. The molecule has 7 rings (SSSR count). The molecule has 0 aliphatic carbocycles. The van der Waals surface area contributed by atoms with Crippen LogP contribution in [0.2, 0.25) is 5.02 Å². The van der Waals surface area contributed by atoms with E-state index in [1.807, 2.05) is 97.9 Å². The number of hydrogen-bond acceptors (Lipinski definition) is 2. The van der Waals surface area contributed by atoms with Crippen LogP contribution in [0.4, 0.5) is 10.1 Å². The van der Waals surface area contributed by atoms with E-state index in [2.05, 4.69) is 29.2 Å². The van der Waals surface area contributed by atoms with Crippen LogP contribution in [0.5, 0.6) is 0 Å². The molecule has 216 valence electrons. The Morgan fingerprint density at radius 2 is 1.45 bits per heavy atom. The minimum Gasteiger partial charge on any atom is -0.357 e. The summed E-state index contributed by atoms with van der Waals surface area (Å²) in [4.78, 5) is 18.8. The van der Waals surface area contributed by atoms with Crippen molar-refractivity contribution in [3.63, 3.8) is 0 Å². The van der Waals surface area contributed by atoms with Crippen LogP contribution in [-0.4, -0.2) is 16.6 Å². The second-order valence-corrected chi connectivity index (χ2v) is 11.6. The van der Waals surface area contributed by atoms with Crippen molar-refractivity contribution in [3.8, 4) is 0 Å². The zero-order valence-corrected chi connectivity index (χ0v) is 24.8. The fourth-order valence-corrected chi connectivity index (χ4v) is 6.75. The van der Waals surface area contributed by atoms with Gasteiger partial charge in [0.2, 0.25) is 0 Å². The summed E-state index contributed by atoms with van der Waals surface area (Å²) in [6.45, 7) is 1.90. The molecular weight excluding hydrogens is 569 g/mol. The van der Waals surface area contributed by atoms with Crippen molar-refractivity contribution in [1.82, 2.24) is 4.98 Å². The van der Waals surface area contributed by atoms with Crippen molar-refractivity contribution in [3.05, 3.63) is 172 Å². The van der Waals surface area contributed by atoms with Gasteiger partial charge in [0, 0.05) is 33.1 Å². The lowest BCUT2D eigenvalue weighted by molar-refractivity contribution is -0.121. The Kier molecular flexibility index (Phi) is 7.11. The number of halogens is 2. The standard InChI is InChI=1S/C38H29ClFN3O/c1-25-38(24-26-12-11-17-30(40)22-26,37(44)43(42-25)31-18-9-4-10-19-31)35-32-21-20-29(39)23-33(32)41-36(35)34(27-13-5-2-6-14-27)28-15-7-3-8-16-28/h2-23,34,41H,24H2,1H3/t38-/m1/s1. The van der Waals surface area contributed by atoms with E-state index in [0.717, 1.165) is 33.3 Å². The number of aromatic nitrogens is 1. The van der Waals surface area contributed by atoms with Crippen molar-refractivity contribution < 1.29 is 9.18 Å². The van der Waals surface area contributed by atoms with Gasteiger partial charge in [-0.1, -0.05) is 109 Å². The number of anilines is 1. The topological polar surface area (TPSA) is 48.5 Å². The molecule has 6 aromatic rings. The molecule has 5 aromatic carbocycles. The third kappa shape index (κ3) is 4.70. The molecule has 1 amide bonds. The Balaban J connectivity index is 1.56. The van der Waals surface area contributed by atoms with Gasteiger partial charge in [0.05, 0.1) is 11.4 Å². The first kappa shape index (κ1) is 27.8. The van der Waals surface area contributed by atoms with E-state index >= 15 is 4.79 Å². The highest BCUT2D eigenvalue weighted by Gasteiger charge is 2.54. The highest BCUT2D eigenvalue weighted by Crippen LogP contribution is 2.48. The number of fused-ring (bicyclic) bond motifs is 1. The summed E-state index contributed by atoms with van der Waals surface area (Å²) >= 11 is 6.54. The van der Waals surface area contributed by atoms with Crippen molar-refractivity contribution in [2.24, 2.45) is 5.10 Å². The normalized spacial score (nSPS) is 16.6. The molecule has 0 bridgehead atoms. The van der Waals surface area contributed by atoms with E-state index in [4.69, 9.17) is 16.7 Å². The van der Waals surface area contributed by atoms with Crippen LogP contribution < -0.4 is 5.01 Å². The zero-order valence-electron chi connectivity index (χ0n) is 24.0. The van der Waals surface area contributed by atoms with E-state index in [0.29, 0.717) is 22.0 Å². The molecule has 0 unspecified atom stereocenters. The number of nitrogens with zero attached hydrogens (tertiary/aromatic N) is 2. The van der Waals surface area contributed by atoms with Crippen LogP contribution in [0.15, 0.2) is 139 Å². The van der Waals surface area contributed by atoms with Gasteiger partial charge in [-0.2, -0.15) is 10.1 Å². The predicted octanol–water partition coefficient (Wildman–Crippen LogP) is 9.04. The number of hydrazone groups is 1. The number of benzene rings is 5. The molecule has 44 heavy (non-hydrogen) atoms. The smallest absolute Gasteiger partial charge is 0.264 e. The number of hydrogen-bond donors (Lipinski definition) is 1. The van der Waals surface area contributed by atoms with Crippen LogP contribution in [0.3, 0.4) is 0 Å². The summed E-state index contributed by atoms with van der Waals surface area (Å²) in [6, 6.07) is 42.1. The summed E-state index contributed by atoms with van der Waals surface area (Å²) in [5.74, 6) is -0.785. The van der Waals surface area contributed by atoms with E-state index in [1.54, 1.807) is 6.07 Å².